The van der Waals surface area contributed by atoms with Gasteiger partial charge in [0.25, 0.3) is 0 Å². The van der Waals surface area contributed by atoms with Gasteiger partial charge in [0.05, 0.1) is 30.6 Å². The second-order valence-corrected chi connectivity index (χ2v) is 9.11. The molecule has 1 heterocycles. The van der Waals surface area contributed by atoms with Crippen LogP contribution in [0.3, 0.4) is 0 Å². The monoisotopic (exact) mass is 349 g/mol. The van der Waals surface area contributed by atoms with Crippen LogP contribution in [0.15, 0.2) is 17.0 Å². The number of hydrogen-bond acceptors (Lipinski definition) is 6. The number of methoxy groups -OCH3 is 2. The SMILES string of the molecule is COc1cc(C)c(S(=O)(=O)NC2CCS(=O)(=O)C2)cc1OC. The van der Waals surface area contributed by atoms with E-state index in [1.807, 2.05) is 0 Å². The molecule has 1 saturated heterocycles. The summed E-state index contributed by atoms with van der Waals surface area (Å²) in [7, 11) is -4.10. The van der Waals surface area contributed by atoms with Crippen molar-refractivity contribution in [2.24, 2.45) is 0 Å². The van der Waals surface area contributed by atoms with E-state index in [-0.39, 0.29) is 22.8 Å². The van der Waals surface area contributed by atoms with Crippen LogP contribution in [0, 0.1) is 6.92 Å². The average molecular weight is 349 g/mol. The minimum atomic E-state index is -3.83. The summed E-state index contributed by atoms with van der Waals surface area (Å²) in [6.45, 7) is 1.64. The summed E-state index contributed by atoms with van der Waals surface area (Å²) in [5.74, 6) is 0.568. The third kappa shape index (κ3) is 3.53. The molecule has 1 N–H and O–H groups in total. The minimum Gasteiger partial charge on any atom is -0.493 e. The zero-order valence-corrected chi connectivity index (χ0v) is 14.3. The normalized spacial score (nSPS) is 20.8. The van der Waals surface area contributed by atoms with Crippen LogP contribution in [0.25, 0.3) is 0 Å². The molecule has 0 amide bonds. The van der Waals surface area contributed by atoms with Gasteiger partial charge in [0.15, 0.2) is 21.3 Å². The molecule has 0 aromatic heterocycles. The maximum absolute atomic E-state index is 12.5. The number of ether oxygens (including phenoxy) is 2. The highest BCUT2D eigenvalue weighted by atomic mass is 32.2. The highest BCUT2D eigenvalue weighted by Crippen LogP contribution is 2.32. The number of hydrogen-bond donors (Lipinski definition) is 1. The van der Waals surface area contributed by atoms with Gasteiger partial charge < -0.3 is 9.47 Å². The molecule has 7 nitrogen and oxygen atoms in total. The Hall–Kier alpha value is -1.32. The van der Waals surface area contributed by atoms with E-state index in [0.29, 0.717) is 17.1 Å². The lowest BCUT2D eigenvalue weighted by Crippen LogP contribution is -2.35. The van der Waals surface area contributed by atoms with Gasteiger partial charge in [0, 0.05) is 12.1 Å². The molecule has 0 bridgehead atoms. The van der Waals surface area contributed by atoms with Crippen molar-refractivity contribution >= 4 is 19.9 Å². The van der Waals surface area contributed by atoms with Gasteiger partial charge in [0.1, 0.15) is 0 Å². The first-order valence-electron chi connectivity index (χ1n) is 6.64. The molecule has 1 aliphatic heterocycles. The average Bonchev–Trinajstić information content (AvgIpc) is 2.76. The summed E-state index contributed by atoms with van der Waals surface area (Å²) in [5.41, 5.74) is 0.492. The van der Waals surface area contributed by atoms with Gasteiger partial charge in [0.2, 0.25) is 10.0 Å². The molecule has 0 spiro atoms. The Kier molecular flexibility index (Phi) is 4.69. The molecule has 0 radical (unpaired) electrons. The molecule has 2 rings (SSSR count). The van der Waals surface area contributed by atoms with Crippen LogP contribution in [0.1, 0.15) is 12.0 Å². The van der Waals surface area contributed by atoms with Crippen LogP contribution >= 0.6 is 0 Å². The largest absolute Gasteiger partial charge is 0.493 e. The van der Waals surface area contributed by atoms with Crippen LogP contribution in [0.4, 0.5) is 0 Å². The van der Waals surface area contributed by atoms with E-state index in [9.17, 15) is 16.8 Å². The van der Waals surface area contributed by atoms with Crippen LogP contribution in [-0.2, 0) is 19.9 Å². The third-order valence-electron chi connectivity index (χ3n) is 3.52. The standard InChI is InChI=1S/C13H19NO6S2/c1-9-6-11(19-2)12(20-3)7-13(9)22(17,18)14-10-4-5-21(15,16)8-10/h6-7,10,14H,4-5,8H2,1-3H3. The highest BCUT2D eigenvalue weighted by molar-refractivity contribution is 7.92. The van der Waals surface area contributed by atoms with E-state index in [2.05, 4.69) is 4.72 Å². The lowest BCUT2D eigenvalue weighted by molar-refractivity contribution is 0.353. The first-order chi connectivity index (χ1) is 10.2. The van der Waals surface area contributed by atoms with E-state index in [0.717, 1.165) is 0 Å². The van der Waals surface area contributed by atoms with E-state index >= 15 is 0 Å². The topological polar surface area (TPSA) is 98.8 Å². The number of nitrogens with one attached hydrogen (secondary N) is 1. The number of sulfone groups is 1. The fourth-order valence-corrected chi connectivity index (χ4v) is 5.71. The molecule has 1 aromatic rings. The molecular formula is C13H19NO6S2. The third-order valence-corrected chi connectivity index (χ3v) is 6.96. The van der Waals surface area contributed by atoms with Crippen molar-refractivity contribution in [1.82, 2.24) is 4.72 Å². The first kappa shape index (κ1) is 17.0. The molecule has 1 fully saturated rings. The summed E-state index contributed by atoms with van der Waals surface area (Å²) in [5, 5.41) is 0. The van der Waals surface area contributed by atoms with Crippen LogP contribution in [0.5, 0.6) is 11.5 Å². The molecule has 1 unspecified atom stereocenters. The predicted octanol–water partition coefficient (Wildman–Crippen LogP) is 0.478. The number of aryl methyl sites for hydroxylation is 1. The molecular weight excluding hydrogens is 330 g/mol. The van der Waals surface area contributed by atoms with Crippen molar-refractivity contribution in [2.75, 3.05) is 25.7 Å². The Bertz CT molecular complexity index is 770. The van der Waals surface area contributed by atoms with Crippen molar-refractivity contribution in [3.63, 3.8) is 0 Å². The maximum atomic E-state index is 12.5. The van der Waals surface area contributed by atoms with Crippen molar-refractivity contribution in [1.29, 1.82) is 0 Å². The maximum Gasteiger partial charge on any atom is 0.241 e. The quantitative estimate of drug-likeness (QED) is 0.830. The molecule has 0 saturated carbocycles. The minimum absolute atomic E-state index is 0.00506. The summed E-state index contributed by atoms with van der Waals surface area (Å²) < 4.78 is 60.6. The lowest BCUT2D eigenvalue weighted by Gasteiger charge is -2.16. The van der Waals surface area contributed by atoms with Gasteiger partial charge in [-0.2, -0.15) is 0 Å². The Balaban J connectivity index is 2.33. The lowest BCUT2D eigenvalue weighted by atomic mass is 10.2. The van der Waals surface area contributed by atoms with Gasteiger partial charge in [-0.3, -0.25) is 0 Å². The van der Waals surface area contributed by atoms with Crippen molar-refractivity contribution in [3.8, 4) is 11.5 Å². The van der Waals surface area contributed by atoms with E-state index in [1.54, 1.807) is 13.0 Å². The molecule has 1 aromatic carbocycles. The summed E-state index contributed by atoms with van der Waals surface area (Å²) >= 11 is 0. The molecule has 124 valence electrons. The fourth-order valence-electron chi connectivity index (χ4n) is 2.42. The van der Waals surface area contributed by atoms with Crippen LogP contribution in [0.2, 0.25) is 0 Å². The molecule has 1 aliphatic rings. The number of sulfonamides is 1. The zero-order valence-electron chi connectivity index (χ0n) is 12.6. The summed E-state index contributed by atoms with van der Waals surface area (Å²) in [4.78, 5) is 0.0504. The molecule has 0 aliphatic carbocycles. The predicted molar refractivity (Wildman–Crippen MR) is 81.7 cm³/mol. The number of benzene rings is 1. The van der Waals surface area contributed by atoms with E-state index in [1.165, 1.54) is 20.3 Å². The second-order valence-electron chi connectivity index (χ2n) is 5.19. The van der Waals surface area contributed by atoms with Crippen molar-refractivity contribution in [3.05, 3.63) is 17.7 Å². The van der Waals surface area contributed by atoms with E-state index in [4.69, 9.17) is 9.47 Å². The van der Waals surface area contributed by atoms with Crippen LogP contribution in [-0.4, -0.2) is 48.6 Å². The van der Waals surface area contributed by atoms with Crippen molar-refractivity contribution < 1.29 is 26.3 Å². The molecule has 22 heavy (non-hydrogen) atoms. The Labute approximate surface area is 130 Å². The van der Waals surface area contributed by atoms with Gasteiger partial charge in [-0.25, -0.2) is 21.6 Å². The zero-order chi connectivity index (χ0) is 16.5. The van der Waals surface area contributed by atoms with Crippen LogP contribution < -0.4 is 14.2 Å². The highest BCUT2D eigenvalue weighted by Gasteiger charge is 2.32. The smallest absolute Gasteiger partial charge is 0.241 e. The fraction of sp³-hybridized carbons (Fsp3) is 0.538. The van der Waals surface area contributed by atoms with Gasteiger partial charge in [-0.1, -0.05) is 0 Å². The first-order valence-corrected chi connectivity index (χ1v) is 9.94. The molecule has 9 heteroatoms. The number of rotatable bonds is 5. The Morgan fingerprint density at radius 3 is 2.27 bits per heavy atom. The summed E-state index contributed by atoms with van der Waals surface area (Å²) in [6.07, 6.45) is 0.286. The summed E-state index contributed by atoms with van der Waals surface area (Å²) in [6, 6.07) is 2.35. The van der Waals surface area contributed by atoms with E-state index < -0.39 is 25.9 Å². The Morgan fingerprint density at radius 2 is 1.77 bits per heavy atom. The second kappa shape index (κ2) is 6.05. The van der Waals surface area contributed by atoms with Crippen molar-refractivity contribution in [2.45, 2.75) is 24.3 Å². The van der Waals surface area contributed by atoms with Gasteiger partial charge >= 0.3 is 0 Å². The van der Waals surface area contributed by atoms with Gasteiger partial charge in [-0.05, 0) is 25.0 Å². The molecule has 1 atom stereocenters. The van der Waals surface area contributed by atoms with Gasteiger partial charge in [-0.15, -0.1) is 0 Å². The Morgan fingerprint density at radius 1 is 1.18 bits per heavy atom.